The average molecular weight is 340 g/mol. The van der Waals surface area contributed by atoms with Crippen LogP contribution in [0.2, 0.25) is 0 Å². The van der Waals surface area contributed by atoms with Crippen LogP contribution in [0.15, 0.2) is 30.6 Å². The summed E-state index contributed by atoms with van der Waals surface area (Å²) in [5, 5.41) is 0. The van der Waals surface area contributed by atoms with Crippen LogP contribution in [0.1, 0.15) is 17.7 Å². The highest BCUT2D eigenvalue weighted by atomic mass is 16.6. The zero-order chi connectivity index (χ0) is 17.2. The highest BCUT2D eigenvalue weighted by Gasteiger charge is 2.27. The summed E-state index contributed by atoms with van der Waals surface area (Å²) in [6, 6.07) is 8.79. The largest absolute Gasteiger partial charge is 0.486 e. The Labute approximate surface area is 148 Å². The van der Waals surface area contributed by atoms with E-state index in [9.17, 15) is 0 Å². The summed E-state index contributed by atoms with van der Waals surface area (Å²) in [5.74, 6) is 2.72. The molecule has 0 N–H and O–H groups in total. The van der Waals surface area contributed by atoms with Gasteiger partial charge in [0.05, 0.1) is 0 Å². The van der Waals surface area contributed by atoms with Crippen molar-refractivity contribution in [2.24, 2.45) is 0 Å². The smallest absolute Gasteiger partial charge is 0.161 e. The minimum Gasteiger partial charge on any atom is -0.486 e. The predicted molar refractivity (Wildman–Crippen MR) is 96.3 cm³/mol. The summed E-state index contributed by atoms with van der Waals surface area (Å²) in [7, 11) is 2.13. The lowest BCUT2D eigenvalue weighted by Gasteiger charge is -2.26. The number of likely N-dealkylation sites (tertiary alicyclic amines) is 1. The molecule has 0 saturated carbocycles. The number of anilines is 1. The van der Waals surface area contributed by atoms with E-state index in [0.717, 1.165) is 49.1 Å². The summed E-state index contributed by atoms with van der Waals surface area (Å²) in [6.45, 7) is 6.33. The van der Waals surface area contributed by atoms with Crippen molar-refractivity contribution in [1.82, 2.24) is 14.9 Å². The molecule has 1 fully saturated rings. The van der Waals surface area contributed by atoms with Crippen molar-refractivity contribution in [1.29, 1.82) is 0 Å². The molecule has 6 nitrogen and oxygen atoms in total. The van der Waals surface area contributed by atoms with E-state index in [1.54, 1.807) is 6.33 Å². The monoisotopic (exact) mass is 340 g/mol. The van der Waals surface area contributed by atoms with E-state index in [1.807, 2.05) is 19.1 Å². The molecule has 0 bridgehead atoms. The molecule has 1 aromatic heterocycles. The van der Waals surface area contributed by atoms with Gasteiger partial charge in [-0.3, -0.25) is 4.90 Å². The highest BCUT2D eigenvalue weighted by Crippen LogP contribution is 2.31. The fraction of sp³-hybridized carbons (Fsp3) is 0.474. The molecule has 2 aliphatic heterocycles. The first-order valence-corrected chi connectivity index (χ1v) is 8.81. The summed E-state index contributed by atoms with van der Waals surface area (Å²) >= 11 is 0. The molecular weight excluding hydrogens is 316 g/mol. The van der Waals surface area contributed by atoms with Gasteiger partial charge < -0.3 is 14.4 Å². The van der Waals surface area contributed by atoms with Crippen LogP contribution in [0.25, 0.3) is 0 Å². The van der Waals surface area contributed by atoms with Gasteiger partial charge in [-0.2, -0.15) is 0 Å². The molecule has 1 aromatic carbocycles. The van der Waals surface area contributed by atoms with E-state index in [0.29, 0.717) is 19.3 Å². The standard InChI is InChI=1S/C19H24N4O2/c1-14-9-19(21-13-20-14)22(2)16-5-6-23(12-16)11-15-3-4-17-18(10-15)25-8-7-24-17/h3-4,9-10,13,16H,5-8,11-12H2,1-2H3. The maximum absolute atomic E-state index is 5.69. The molecule has 1 saturated heterocycles. The van der Waals surface area contributed by atoms with Gasteiger partial charge in [-0.25, -0.2) is 9.97 Å². The average Bonchev–Trinajstić information content (AvgIpc) is 3.09. The molecular formula is C19H24N4O2. The Morgan fingerprint density at radius 1 is 1.16 bits per heavy atom. The van der Waals surface area contributed by atoms with Crippen molar-refractivity contribution in [2.75, 3.05) is 38.3 Å². The van der Waals surface area contributed by atoms with Crippen molar-refractivity contribution in [2.45, 2.75) is 25.9 Å². The van der Waals surface area contributed by atoms with Crippen LogP contribution in [0.3, 0.4) is 0 Å². The molecule has 0 amide bonds. The Balaban J connectivity index is 1.39. The van der Waals surface area contributed by atoms with Gasteiger partial charge in [0.2, 0.25) is 0 Å². The van der Waals surface area contributed by atoms with Gasteiger partial charge in [0.25, 0.3) is 0 Å². The van der Waals surface area contributed by atoms with Gasteiger partial charge in [-0.15, -0.1) is 0 Å². The van der Waals surface area contributed by atoms with Gasteiger partial charge in [-0.1, -0.05) is 6.07 Å². The molecule has 0 spiro atoms. The molecule has 25 heavy (non-hydrogen) atoms. The number of hydrogen-bond donors (Lipinski definition) is 0. The van der Waals surface area contributed by atoms with E-state index >= 15 is 0 Å². The maximum Gasteiger partial charge on any atom is 0.161 e. The van der Waals surface area contributed by atoms with E-state index in [2.05, 4.69) is 38.9 Å². The molecule has 0 aliphatic carbocycles. The third-order valence-corrected chi connectivity index (χ3v) is 4.96. The Hall–Kier alpha value is -2.34. The number of ether oxygens (including phenoxy) is 2. The molecule has 0 radical (unpaired) electrons. The van der Waals surface area contributed by atoms with Crippen molar-refractivity contribution in [3.8, 4) is 11.5 Å². The zero-order valence-corrected chi connectivity index (χ0v) is 14.8. The number of rotatable bonds is 4. The topological polar surface area (TPSA) is 50.7 Å². The van der Waals surface area contributed by atoms with Gasteiger partial charge in [0.1, 0.15) is 25.4 Å². The minimum atomic E-state index is 0.478. The molecule has 4 rings (SSSR count). The summed E-state index contributed by atoms with van der Waals surface area (Å²) < 4.78 is 11.3. The fourth-order valence-corrected chi connectivity index (χ4v) is 3.54. The summed E-state index contributed by atoms with van der Waals surface area (Å²) in [4.78, 5) is 13.4. The van der Waals surface area contributed by atoms with E-state index in [1.165, 1.54) is 5.56 Å². The highest BCUT2D eigenvalue weighted by molar-refractivity contribution is 5.44. The number of hydrogen-bond acceptors (Lipinski definition) is 6. The predicted octanol–water partition coefficient (Wildman–Crippen LogP) is 2.27. The molecule has 1 unspecified atom stereocenters. The van der Waals surface area contributed by atoms with Gasteiger partial charge >= 0.3 is 0 Å². The Bertz CT molecular complexity index is 752. The molecule has 2 aromatic rings. The molecule has 132 valence electrons. The van der Waals surface area contributed by atoms with Crippen molar-refractivity contribution in [3.05, 3.63) is 41.9 Å². The molecule has 6 heteroatoms. The normalized spacial score (nSPS) is 19.8. The third kappa shape index (κ3) is 3.54. The van der Waals surface area contributed by atoms with E-state index < -0.39 is 0 Å². The summed E-state index contributed by atoms with van der Waals surface area (Å²) in [6.07, 6.45) is 2.78. The number of aromatic nitrogens is 2. The van der Waals surface area contributed by atoms with E-state index in [4.69, 9.17) is 9.47 Å². The second kappa shape index (κ2) is 6.88. The zero-order valence-electron chi connectivity index (χ0n) is 14.8. The van der Waals surface area contributed by atoms with Crippen LogP contribution >= 0.6 is 0 Å². The second-order valence-electron chi connectivity index (χ2n) is 6.78. The fourth-order valence-electron chi connectivity index (χ4n) is 3.54. The first kappa shape index (κ1) is 16.1. The van der Waals surface area contributed by atoms with Crippen molar-refractivity contribution < 1.29 is 9.47 Å². The van der Waals surface area contributed by atoms with Crippen LogP contribution in [0, 0.1) is 6.92 Å². The van der Waals surface area contributed by atoms with Crippen LogP contribution in [0.4, 0.5) is 5.82 Å². The number of benzene rings is 1. The van der Waals surface area contributed by atoms with E-state index in [-0.39, 0.29) is 0 Å². The van der Waals surface area contributed by atoms with Crippen LogP contribution < -0.4 is 14.4 Å². The van der Waals surface area contributed by atoms with Crippen LogP contribution in [-0.2, 0) is 6.54 Å². The SMILES string of the molecule is Cc1cc(N(C)C2CCN(Cc3ccc4c(c3)OCCO4)C2)ncn1. The molecule has 3 heterocycles. The lowest BCUT2D eigenvalue weighted by atomic mass is 10.2. The quantitative estimate of drug-likeness (QED) is 0.851. The van der Waals surface area contributed by atoms with Gasteiger partial charge in [0, 0.05) is 44.5 Å². The lowest BCUT2D eigenvalue weighted by molar-refractivity contribution is 0.171. The Kier molecular flexibility index (Phi) is 4.44. The number of likely N-dealkylation sites (N-methyl/N-ethyl adjacent to an activating group) is 1. The van der Waals surface area contributed by atoms with Gasteiger partial charge in [-0.05, 0) is 31.0 Å². The van der Waals surface area contributed by atoms with Crippen molar-refractivity contribution in [3.63, 3.8) is 0 Å². The molecule has 2 aliphatic rings. The van der Waals surface area contributed by atoms with Gasteiger partial charge in [0.15, 0.2) is 11.5 Å². The number of fused-ring (bicyclic) bond motifs is 1. The number of nitrogens with zero attached hydrogens (tertiary/aromatic N) is 4. The first-order chi connectivity index (χ1) is 12.2. The third-order valence-electron chi connectivity index (χ3n) is 4.96. The summed E-state index contributed by atoms with van der Waals surface area (Å²) in [5.41, 5.74) is 2.27. The first-order valence-electron chi connectivity index (χ1n) is 8.81. The maximum atomic E-state index is 5.69. The second-order valence-corrected chi connectivity index (χ2v) is 6.78. The number of aryl methyl sites for hydroxylation is 1. The molecule has 1 atom stereocenters. The van der Waals surface area contributed by atoms with Crippen LogP contribution in [-0.4, -0.2) is 54.3 Å². The minimum absolute atomic E-state index is 0.478. The van der Waals surface area contributed by atoms with Crippen molar-refractivity contribution >= 4 is 5.82 Å². The Morgan fingerprint density at radius 2 is 2.00 bits per heavy atom. The van der Waals surface area contributed by atoms with Crippen LogP contribution in [0.5, 0.6) is 11.5 Å². The Morgan fingerprint density at radius 3 is 2.84 bits per heavy atom. The lowest BCUT2D eigenvalue weighted by Crippen LogP contribution is -2.35.